The van der Waals surface area contributed by atoms with Crippen LogP contribution in [0.4, 0.5) is 13.2 Å². The molecule has 2 rings (SSSR count). The number of carbonyl (C=O) groups excluding carboxylic acids is 1. The Morgan fingerprint density at radius 2 is 1.89 bits per heavy atom. The number of pyridine rings is 1. The zero-order valence-electron chi connectivity index (χ0n) is 9.80. The van der Waals surface area contributed by atoms with Gasteiger partial charge in [-0.05, 0) is 38.1 Å². The van der Waals surface area contributed by atoms with Crippen molar-refractivity contribution in [3.63, 3.8) is 0 Å². The number of alkyl halides is 3. The van der Waals surface area contributed by atoms with E-state index in [2.05, 4.69) is 4.98 Å². The third-order valence-electron chi connectivity index (χ3n) is 2.64. The Labute approximate surface area is 101 Å². The summed E-state index contributed by atoms with van der Waals surface area (Å²) in [5.74, 6) is -0.273. The lowest BCUT2D eigenvalue weighted by atomic mass is 10.0. The third kappa shape index (κ3) is 2.20. The fourth-order valence-electron chi connectivity index (χ4n) is 1.83. The second kappa shape index (κ2) is 4.08. The zero-order valence-corrected chi connectivity index (χ0v) is 9.80. The van der Waals surface area contributed by atoms with Crippen LogP contribution in [0.25, 0.3) is 10.9 Å². The van der Waals surface area contributed by atoms with E-state index in [1.54, 1.807) is 6.92 Å². The largest absolute Gasteiger partial charge is 0.416 e. The Morgan fingerprint density at radius 1 is 1.22 bits per heavy atom. The third-order valence-corrected chi connectivity index (χ3v) is 2.64. The maximum absolute atomic E-state index is 12.6. The van der Waals surface area contributed by atoms with Crippen LogP contribution in [0, 0.1) is 6.92 Å². The maximum Gasteiger partial charge on any atom is 0.416 e. The van der Waals surface area contributed by atoms with Crippen LogP contribution in [-0.4, -0.2) is 10.8 Å². The van der Waals surface area contributed by atoms with E-state index in [9.17, 15) is 18.0 Å². The van der Waals surface area contributed by atoms with Gasteiger partial charge in [0.25, 0.3) is 0 Å². The van der Waals surface area contributed by atoms with Crippen LogP contribution in [0.5, 0.6) is 0 Å². The molecule has 0 radical (unpaired) electrons. The van der Waals surface area contributed by atoms with Gasteiger partial charge in [-0.15, -0.1) is 0 Å². The molecule has 0 aliphatic carbocycles. The Hall–Kier alpha value is -1.91. The van der Waals surface area contributed by atoms with E-state index in [1.807, 2.05) is 0 Å². The van der Waals surface area contributed by atoms with Crippen molar-refractivity contribution in [2.45, 2.75) is 20.0 Å². The first-order valence-electron chi connectivity index (χ1n) is 5.28. The van der Waals surface area contributed by atoms with Crippen LogP contribution in [0.15, 0.2) is 24.3 Å². The number of halogens is 3. The molecule has 0 saturated carbocycles. The molecule has 1 aromatic carbocycles. The molecule has 2 nitrogen and oxygen atoms in total. The number of rotatable bonds is 1. The van der Waals surface area contributed by atoms with E-state index >= 15 is 0 Å². The smallest absolute Gasteiger partial charge is 0.294 e. The van der Waals surface area contributed by atoms with Gasteiger partial charge in [-0.1, -0.05) is 0 Å². The molecule has 0 amide bonds. The molecular formula is C13H10F3NO. The van der Waals surface area contributed by atoms with Crippen LogP contribution in [-0.2, 0) is 6.18 Å². The van der Waals surface area contributed by atoms with Crippen LogP contribution in [0.2, 0.25) is 0 Å². The molecule has 0 spiro atoms. The highest BCUT2D eigenvalue weighted by Crippen LogP contribution is 2.32. The highest BCUT2D eigenvalue weighted by molar-refractivity contribution is 6.06. The minimum Gasteiger partial charge on any atom is -0.294 e. The molecule has 0 saturated heterocycles. The van der Waals surface area contributed by atoms with Gasteiger partial charge in [0.1, 0.15) is 0 Å². The number of carbonyl (C=O) groups is 1. The van der Waals surface area contributed by atoms with Gasteiger partial charge < -0.3 is 0 Å². The molecule has 0 bridgehead atoms. The highest BCUT2D eigenvalue weighted by Gasteiger charge is 2.30. The molecule has 0 fully saturated rings. The number of hydrogen-bond acceptors (Lipinski definition) is 2. The topological polar surface area (TPSA) is 30.0 Å². The molecule has 94 valence electrons. The Morgan fingerprint density at radius 3 is 2.44 bits per heavy atom. The number of benzene rings is 1. The number of nitrogens with zero attached hydrogens (tertiary/aromatic N) is 1. The fourth-order valence-corrected chi connectivity index (χ4v) is 1.83. The van der Waals surface area contributed by atoms with Gasteiger partial charge in [-0.25, -0.2) is 0 Å². The van der Waals surface area contributed by atoms with Crippen molar-refractivity contribution in [2.75, 3.05) is 0 Å². The first-order chi connectivity index (χ1) is 8.29. The van der Waals surface area contributed by atoms with Gasteiger partial charge in [-0.2, -0.15) is 13.2 Å². The fraction of sp³-hybridized carbons (Fsp3) is 0.231. The van der Waals surface area contributed by atoms with Gasteiger partial charge in [0.05, 0.1) is 11.1 Å². The molecule has 0 unspecified atom stereocenters. The molecule has 0 aliphatic heterocycles. The minimum absolute atomic E-state index is 0.239. The summed E-state index contributed by atoms with van der Waals surface area (Å²) in [5, 5.41) is 0.239. The van der Waals surface area contributed by atoms with Gasteiger partial charge in [-0.3, -0.25) is 9.78 Å². The second-order valence-electron chi connectivity index (χ2n) is 4.10. The summed E-state index contributed by atoms with van der Waals surface area (Å²) < 4.78 is 37.9. The number of ketones is 1. The Bertz CT molecular complexity index is 632. The molecule has 1 aromatic heterocycles. The number of aryl methyl sites for hydroxylation is 1. The average molecular weight is 253 g/mol. The van der Waals surface area contributed by atoms with E-state index in [0.29, 0.717) is 11.2 Å². The van der Waals surface area contributed by atoms with E-state index < -0.39 is 11.7 Å². The van der Waals surface area contributed by atoms with E-state index in [1.165, 1.54) is 19.1 Å². The van der Waals surface area contributed by atoms with Crippen molar-refractivity contribution >= 4 is 16.7 Å². The van der Waals surface area contributed by atoms with Crippen molar-refractivity contribution in [1.82, 2.24) is 4.98 Å². The van der Waals surface area contributed by atoms with Gasteiger partial charge in [0.15, 0.2) is 5.78 Å². The van der Waals surface area contributed by atoms with Crippen LogP contribution < -0.4 is 0 Å². The van der Waals surface area contributed by atoms with Gasteiger partial charge >= 0.3 is 6.18 Å². The number of fused-ring (bicyclic) bond motifs is 1. The summed E-state index contributed by atoms with van der Waals surface area (Å²) in [4.78, 5) is 15.6. The molecular weight excluding hydrogens is 243 g/mol. The van der Waals surface area contributed by atoms with E-state index in [0.717, 1.165) is 12.1 Å². The molecule has 0 atom stereocenters. The van der Waals surface area contributed by atoms with Gasteiger partial charge in [0, 0.05) is 16.6 Å². The monoisotopic (exact) mass is 253 g/mol. The SMILES string of the molecule is CC(=O)c1cc(C)nc2ccc(C(F)(F)F)cc12. The summed E-state index contributed by atoms with van der Waals surface area (Å²) in [7, 11) is 0. The van der Waals surface area contributed by atoms with E-state index in [-0.39, 0.29) is 16.7 Å². The first-order valence-corrected chi connectivity index (χ1v) is 5.28. The number of aromatic nitrogens is 1. The predicted molar refractivity (Wildman–Crippen MR) is 61.5 cm³/mol. The normalized spacial score (nSPS) is 11.8. The number of hydrogen-bond donors (Lipinski definition) is 0. The van der Waals surface area contributed by atoms with Crippen molar-refractivity contribution in [1.29, 1.82) is 0 Å². The van der Waals surface area contributed by atoms with Crippen LogP contribution in [0.1, 0.15) is 28.5 Å². The second-order valence-corrected chi connectivity index (χ2v) is 4.10. The summed E-state index contributed by atoms with van der Waals surface area (Å²) >= 11 is 0. The van der Waals surface area contributed by atoms with Gasteiger partial charge in [0.2, 0.25) is 0 Å². The summed E-state index contributed by atoms with van der Waals surface area (Å²) in [6.45, 7) is 3.03. The zero-order chi connectivity index (χ0) is 13.5. The minimum atomic E-state index is -4.42. The molecule has 2 aromatic rings. The van der Waals surface area contributed by atoms with Crippen LogP contribution >= 0.6 is 0 Å². The molecule has 1 heterocycles. The summed E-state index contributed by atoms with van der Waals surface area (Å²) in [6, 6.07) is 4.74. The summed E-state index contributed by atoms with van der Waals surface area (Å²) in [6.07, 6.45) is -4.42. The maximum atomic E-state index is 12.6. The lowest BCUT2D eigenvalue weighted by Gasteiger charge is -2.10. The average Bonchev–Trinajstić information content (AvgIpc) is 2.25. The van der Waals surface area contributed by atoms with Crippen molar-refractivity contribution in [2.24, 2.45) is 0 Å². The van der Waals surface area contributed by atoms with E-state index in [4.69, 9.17) is 0 Å². The molecule has 5 heteroatoms. The first kappa shape index (κ1) is 12.5. The molecule has 0 N–H and O–H groups in total. The van der Waals surface area contributed by atoms with Crippen molar-refractivity contribution < 1.29 is 18.0 Å². The number of Topliss-reactive ketones (excluding diaryl/α,β-unsaturated/α-hetero) is 1. The van der Waals surface area contributed by atoms with Crippen LogP contribution in [0.3, 0.4) is 0 Å². The molecule has 0 aliphatic rings. The predicted octanol–water partition coefficient (Wildman–Crippen LogP) is 3.76. The molecule has 18 heavy (non-hydrogen) atoms. The summed E-state index contributed by atoms with van der Waals surface area (Å²) in [5.41, 5.74) is 0.493. The standard InChI is InChI=1S/C13H10F3NO/c1-7-5-10(8(2)18)11-6-9(13(14,15)16)3-4-12(11)17-7/h3-6H,1-2H3. The highest BCUT2D eigenvalue weighted by atomic mass is 19.4. The lowest BCUT2D eigenvalue weighted by Crippen LogP contribution is -2.06. The Balaban J connectivity index is 2.79. The Kier molecular flexibility index (Phi) is 2.84. The quantitative estimate of drug-likeness (QED) is 0.724. The van der Waals surface area contributed by atoms with Crippen molar-refractivity contribution in [3.05, 3.63) is 41.1 Å². The van der Waals surface area contributed by atoms with Crippen molar-refractivity contribution in [3.8, 4) is 0 Å². The lowest BCUT2D eigenvalue weighted by molar-refractivity contribution is -0.137.